The molecule has 0 saturated carbocycles. The standard InChI is InChI=1S/C38H67NO3/c1-3-5-7-9-11-13-15-17-18-19-20-22-23-25-27-29-31-33-37(41)36(35-40)39-38(42)34-32-30-28-26-24-21-16-14-12-10-8-6-4-2/h6,8,12,14,21,24,28,30-31,33,36-37,40-41H,3-5,7,9-11,13,15-20,22-23,25-27,29,32,34-35H2,1-2H3,(H,39,42)/b8-6-,14-12-,24-21-,30-28-,33-31+. The lowest BCUT2D eigenvalue weighted by Gasteiger charge is -2.19. The molecule has 0 fully saturated rings. The first-order valence-electron chi connectivity index (χ1n) is 17.5. The summed E-state index contributed by atoms with van der Waals surface area (Å²) in [6.45, 7) is 4.14. The summed E-state index contributed by atoms with van der Waals surface area (Å²) in [5, 5.41) is 22.8. The second kappa shape index (κ2) is 33.6. The maximum absolute atomic E-state index is 12.2. The van der Waals surface area contributed by atoms with Crippen LogP contribution in [0.25, 0.3) is 0 Å². The van der Waals surface area contributed by atoms with Crippen molar-refractivity contribution < 1.29 is 15.0 Å². The Kier molecular flexibility index (Phi) is 32.1. The zero-order valence-corrected chi connectivity index (χ0v) is 27.5. The van der Waals surface area contributed by atoms with Crippen LogP contribution >= 0.6 is 0 Å². The lowest BCUT2D eigenvalue weighted by atomic mass is 10.0. The Hall–Kier alpha value is -1.91. The van der Waals surface area contributed by atoms with Crippen LogP contribution in [0.2, 0.25) is 0 Å². The lowest BCUT2D eigenvalue weighted by molar-refractivity contribution is -0.122. The van der Waals surface area contributed by atoms with E-state index < -0.39 is 12.1 Å². The number of carbonyl (C=O) groups is 1. The van der Waals surface area contributed by atoms with E-state index in [1.165, 1.54) is 89.9 Å². The van der Waals surface area contributed by atoms with Gasteiger partial charge < -0.3 is 15.5 Å². The van der Waals surface area contributed by atoms with Gasteiger partial charge in [0.15, 0.2) is 0 Å². The molecule has 0 bridgehead atoms. The van der Waals surface area contributed by atoms with E-state index in [9.17, 15) is 15.0 Å². The highest BCUT2D eigenvalue weighted by molar-refractivity contribution is 5.76. The molecule has 4 heteroatoms. The SMILES string of the molecule is CC/C=C\C/C=C\C/C=C\C/C=C\CCC(=O)NC(CO)C(O)/C=C/CCCCCCCCCCCCCCCCC. The van der Waals surface area contributed by atoms with Crippen molar-refractivity contribution in [2.24, 2.45) is 0 Å². The van der Waals surface area contributed by atoms with E-state index in [1.54, 1.807) is 6.08 Å². The number of nitrogens with one attached hydrogen (secondary N) is 1. The molecule has 4 nitrogen and oxygen atoms in total. The minimum Gasteiger partial charge on any atom is -0.394 e. The van der Waals surface area contributed by atoms with Crippen molar-refractivity contribution in [2.45, 2.75) is 167 Å². The highest BCUT2D eigenvalue weighted by Gasteiger charge is 2.17. The van der Waals surface area contributed by atoms with E-state index in [0.29, 0.717) is 12.8 Å². The molecule has 0 rings (SSSR count). The van der Waals surface area contributed by atoms with Crippen molar-refractivity contribution in [2.75, 3.05) is 6.61 Å². The average Bonchev–Trinajstić information content (AvgIpc) is 2.99. The van der Waals surface area contributed by atoms with Gasteiger partial charge in [0.1, 0.15) is 0 Å². The fourth-order valence-electron chi connectivity index (χ4n) is 4.83. The number of allylic oxidation sites excluding steroid dienone is 9. The van der Waals surface area contributed by atoms with Crippen LogP contribution in [0.1, 0.15) is 155 Å². The van der Waals surface area contributed by atoms with Crippen molar-refractivity contribution in [3.05, 3.63) is 60.8 Å². The number of amides is 1. The number of carbonyl (C=O) groups excluding carboxylic acids is 1. The van der Waals surface area contributed by atoms with Crippen molar-refractivity contribution in [1.29, 1.82) is 0 Å². The first-order valence-corrected chi connectivity index (χ1v) is 17.5. The van der Waals surface area contributed by atoms with Gasteiger partial charge in [0.2, 0.25) is 5.91 Å². The molecular formula is C38H67NO3. The van der Waals surface area contributed by atoms with Gasteiger partial charge in [-0.15, -0.1) is 0 Å². The largest absolute Gasteiger partial charge is 0.394 e. The van der Waals surface area contributed by atoms with Crippen LogP contribution < -0.4 is 5.32 Å². The molecule has 0 aliphatic carbocycles. The molecule has 2 atom stereocenters. The van der Waals surface area contributed by atoms with Crippen molar-refractivity contribution in [3.63, 3.8) is 0 Å². The molecule has 0 aliphatic rings. The second-order valence-electron chi connectivity index (χ2n) is 11.6. The Morgan fingerprint density at radius 2 is 1.05 bits per heavy atom. The Morgan fingerprint density at radius 3 is 1.52 bits per heavy atom. The average molecular weight is 586 g/mol. The molecule has 0 spiro atoms. The predicted octanol–water partition coefficient (Wildman–Crippen LogP) is 10.2. The quantitative estimate of drug-likeness (QED) is 0.0580. The number of hydrogen-bond donors (Lipinski definition) is 3. The van der Waals surface area contributed by atoms with Crippen LogP contribution in [0.5, 0.6) is 0 Å². The summed E-state index contributed by atoms with van der Waals surface area (Å²) in [6, 6.07) is -0.660. The molecule has 3 N–H and O–H groups in total. The van der Waals surface area contributed by atoms with E-state index >= 15 is 0 Å². The zero-order chi connectivity index (χ0) is 30.8. The van der Waals surface area contributed by atoms with Crippen LogP contribution in [0.3, 0.4) is 0 Å². The Balaban J connectivity index is 3.75. The third-order valence-corrected chi connectivity index (χ3v) is 7.52. The Bertz CT molecular complexity index is 722. The summed E-state index contributed by atoms with van der Waals surface area (Å²) < 4.78 is 0. The summed E-state index contributed by atoms with van der Waals surface area (Å²) in [6.07, 6.45) is 46.0. The van der Waals surface area contributed by atoms with Crippen LogP contribution in [0.4, 0.5) is 0 Å². The van der Waals surface area contributed by atoms with Gasteiger partial charge in [-0.2, -0.15) is 0 Å². The van der Waals surface area contributed by atoms with Gasteiger partial charge in [0, 0.05) is 6.42 Å². The van der Waals surface area contributed by atoms with E-state index in [2.05, 4.69) is 61.7 Å². The molecule has 0 aromatic carbocycles. The predicted molar refractivity (Wildman–Crippen MR) is 184 cm³/mol. The molecule has 0 aromatic rings. The smallest absolute Gasteiger partial charge is 0.220 e. The van der Waals surface area contributed by atoms with Gasteiger partial charge in [-0.05, 0) is 44.9 Å². The second-order valence-corrected chi connectivity index (χ2v) is 11.6. The fourth-order valence-corrected chi connectivity index (χ4v) is 4.83. The molecule has 0 aromatic heterocycles. The maximum atomic E-state index is 12.2. The monoisotopic (exact) mass is 586 g/mol. The molecule has 0 aliphatic heterocycles. The molecular weight excluding hydrogens is 518 g/mol. The van der Waals surface area contributed by atoms with E-state index in [1.807, 2.05) is 12.2 Å². The molecule has 1 amide bonds. The molecule has 0 heterocycles. The summed E-state index contributed by atoms with van der Waals surface area (Å²) in [5.74, 6) is -0.147. The Morgan fingerprint density at radius 1 is 0.595 bits per heavy atom. The van der Waals surface area contributed by atoms with Gasteiger partial charge in [0.05, 0.1) is 18.8 Å². The van der Waals surface area contributed by atoms with Gasteiger partial charge in [-0.25, -0.2) is 0 Å². The minimum absolute atomic E-state index is 0.147. The van der Waals surface area contributed by atoms with Crippen LogP contribution in [0, 0.1) is 0 Å². The van der Waals surface area contributed by atoms with Gasteiger partial charge in [0.25, 0.3) is 0 Å². The van der Waals surface area contributed by atoms with E-state index in [0.717, 1.165) is 38.5 Å². The molecule has 42 heavy (non-hydrogen) atoms. The third-order valence-electron chi connectivity index (χ3n) is 7.52. The lowest BCUT2D eigenvalue weighted by Crippen LogP contribution is -2.45. The highest BCUT2D eigenvalue weighted by Crippen LogP contribution is 2.14. The first kappa shape index (κ1) is 40.1. The normalized spacial score (nSPS) is 13.9. The van der Waals surface area contributed by atoms with E-state index in [4.69, 9.17) is 0 Å². The highest BCUT2D eigenvalue weighted by atomic mass is 16.3. The number of aliphatic hydroxyl groups is 2. The van der Waals surface area contributed by atoms with Crippen LogP contribution in [-0.2, 0) is 4.79 Å². The van der Waals surface area contributed by atoms with Gasteiger partial charge in [-0.3, -0.25) is 4.79 Å². The van der Waals surface area contributed by atoms with Crippen LogP contribution in [-0.4, -0.2) is 34.9 Å². The first-order chi connectivity index (χ1) is 20.7. The number of unbranched alkanes of at least 4 members (excludes halogenated alkanes) is 15. The summed E-state index contributed by atoms with van der Waals surface area (Å²) in [5.41, 5.74) is 0. The Labute approximate surface area is 260 Å². The van der Waals surface area contributed by atoms with Gasteiger partial charge in [-0.1, -0.05) is 164 Å². The molecule has 242 valence electrons. The topological polar surface area (TPSA) is 69.6 Å². The summed E-state index contributed by atoms with van der Waals surface area (Å²) >= 11 is 0. The fraction of sp³-hybridized carbons (Fsp3) is 0.711. The van der Waals surface area contributed by atoms with Crippen molar-refractivity contribution in [3.8, 4) is 0 Å². The zero-order valence-electron chi connectivity index (χ0n) is 27.5. The van der Waals surface area contributed by atoms with E-state index in [-0.39, 0.29) is 12.5 Å². The summed E-state index contributed by atoms with van der Waals surface area (Å²) in [4.78, 5) is 12.2. The number of rotatable bonds is 30. The van der Waals surface area contributed by atoms with Gasteiger partial charge >= 0.3 is 0 Å². The third kappa shape index (κ3) is 29.6. The van der Waals surface area contributed by atoms with Crippen molar-refractivity contribution >= 4 is 5.91 Å². The van der Waals surface area contributed by atoms with Crippen molar-refractivity contribution in [1.82, 2.24) is 5.32 Å². The molecule has 0 saturated heterocycles. The number of hydrogen-bond acceptors (Lipinski definition) is 3. The summed E-state index contributed by atoms with van der Waals surface area (Å²) in [7, 11) is 0. The molecule has 2 unspecified atom stereocenters. The molecule has 0 radical (unpaired) electrons. The van der Waals surface area contributed by atoms with Crippen LogP contribution in [0.15, 0.2) is 60.8 Å². The maximum Gasteiger partial charge on any atom is 0.220 e. The minimum atomic E-state index is -0.868. The number of aliphatic hydroxyl groups excluding tert-OH is 2.